The summed E-state index contributed by atoms with van der Waals surface area (Å²) in [7, 11) is 0. The molecule has 0 unspecified atom stereocenters. The van der Waals surface area contributed by atoms with Crippen LogP contribution in [0.15, 0.2) is 24.3 Å². The highest BCUT2D eigenvalue weighted by Crippen LogP contribution is 1.99. The maximum atomic E-state index is 8.36. The Hall–Kier alpha value is -1.31. The standard InChI is InChI=1S/C8H10.CH2O2/c1-7-3-5-8(2)6-4-7;2-1-3/h3-6H,1-2H3;1H,(H,2,3). The molecule has 0 saturated carbocycles. The first-order chi connectivity index (χ1) is 5.20. The molecule has 1 rings (SSSR count). The fraction of sp³-hybridized carbons (Fsp3) is 0.222. The molecule has 2 nitrogen and oxygen atoms in total. The SMILES string of the molecule is Cc1ccc(C)cc1.O=CO. The number of hydrogen-bond acceptors (Lipinski definition) is 1. The Kier molecular flexibility index (Phi) is 4.82. The average Bonchev–Trinajstić information content (AvgIpc) is 1.97. The summed E-state index contributed by atoms with van der Waals surface area (Å²) in [5.41, 5.74) is 2.66. The lowest BCUT2D eigenvalue weighted by Crippen LogP contribution is -1.70. The van der Waals surface area contributed by atoms with E-state index >= 15 is 0 Å². The van der Waals surface area contributed by atoms with Gasteiger partial charge in [-0.3, -0.25) is 4.79 Å². The topological polar surface area (TPSA) is 37.3 Å². The smallest absolute Gasteiger partial charge is 0.290 e. The van der Waals surface area contributed by atoms with E-state index in [2.05, 4.69) is 38.1 Å². The maximum absolute atomic E-state index is 8.36. The third-order valence-electron chi connectivity index (χ3n) is 1.22. The van der Waals surface area contributed by atoms with Crippen LogP contribution in [0.3, 0.4) is 0 Å². The van der Waals surface area contributed by atoms with E-state index in [-0.39, 0.29) is 6.47 Å². The van der Waals surface area contributed by atoms with Crippen LogP contribution in [0.5, 0.6) is 0 Å². The molecule has 0 heterocycles. The van der Waals surface area contributed by atoms with E-state index < -0.39 is 0 Å². The number of rotatable bonds is 0. The van der Waals surface area contributed by atoms with Gasteiger partial charge in [0.2, 0.25) is 0 Å². The first-order valence-electron chi connectivity index (χ1n) is 3.32. The van der Waals surface area contributed by atoms with Crippen molar-refractivity contribution in [1.82, 2.24) is 0 Å². The summed E-state index contributed by atoms with van der Waals surface area (Å²) in [6.07, 6.45) is 0. The quantitative estimate of drug-likeness (QED) is 0.577. The summed E-state index contributed by atoms with van der Waals surface area (Å²) in [5, 5.41) is 6.89. The zero-order valence-electron chi connectivity index (χ0n) is 6.74. The molecule has 0 amide bonds. The minimum atomic E-state index is -0.250. The van der Waals surface area contributed by atoms with Crippen molar-refractivity contribution < 1.29 is 9.90 Å². The fourth-order valence-electron chi connectivity index (χ4n) is 0.637. The molecule has 1 aromatic rings. The van der Waals surface area contributed by atoms with Gasteiger partial charge in [0.05, 0.1) is 0 Å². The van der Waals surface area contributed by atoms with Crippen LogP contribution in [0, 0.1) is 13.8 Å². The van der Waals surface area contributed by atoms with E-state index in [1.807, 2.05) is 0 Å². The Labute approximate surface area is 66.5 Å². The third kappa shape index (κ3) is 5.15. The number of carbonyl (C=O) groups is 1. The molecule has 11 heavy (non-hydrogen) atoms. The molecule has 0 fully saturated rings. The summed E-state index contributed by atoms with van der Waals surface area (Å²) in [6, 6.07) is 8.48. The van der Waals surface area contributed by atoms with Crippen molar-refractivity contribution in [2.24, 2.45) is 0 Å². The molecular weight excluding hydrogens is 140 g/mol. The van der Waals surface area contributed by atoms with E-state index in [4.69, 9.17) is 9.90 Å². The molecule has 0 aromatic heterocycles. The van der Waals surface area contributed by atoms with Gasteiger partial charge in [-0.15, -0.1) is 0 Å². The van der Waals surface area contributed by atoms with E-state index in [0.29, 0.717) is 0 Å². The summed E-state index contributed by atoms with van der Waals surface area (Å²) >= 11 is 0. The van der Waals surface area contributed by atoms with Crippen LogP contribution in [-0.4, -0.2) is 11.6 Å². The molecule has 0 saturated heterocycles. The van der Waals surface area contributed by atoms with Crippen LogP contribution in [0.1, 0.15) is 11.1 Å². The molecule has 0 aliphatic carbocycles. The summed E-state index contributed by atoms with van der Waals surface area (Å²) in [6.45, 7) is 3.94. The van der Waals surface area contributed by atoms with Crippen molar-refractivity contribution in [3.05, 3.63) is 35.4 Å². The highest BCUT2D eigenvalue weighted by atomic mass is 16.3. The number of aryl methyl sites for hydroxylation is 2. The molecule has 0 aliphatic heterocycles. The minimum absolute atomic E-state index is 0.250. The first kappa shape index (κ1) is 9.69. The van der Waals surface area contributed by atoms with Gasteiger partial charge in [-0.25, -0.2) is 0 Å². The molecule has 1 N–H and O–H groups in total. The second-order valence-electron chi connectivity index (χ2n) is 2.26. The van der Waals surface area contributed by atoms with E-state index in [0.717, 1.165) is 0 Å². The van der Waals surface area contributed by atoms with Crippen molar-refractivity contribution in [2.45, 2.75) is 13.8 Å². The van der Waals surface area contributed by atoms with Crippen LogP contribution in [0.4, 0.5) is 0 Å². The van der Waals surface area contributed by atoms with E-state index in [9.17, 15) is 0 Å². The Morgan fingerprint density at radius 2 is 1.27 bits per heavy atom. The van der Waals surface area contributed by atoms with Gasteiger partial charge >= 0.3 is 0 Å². The predicted octanol–water partition coefficient (Wildman–Crippen LogP) is 2.00. The second kappa shape index (κ2) is 5.47. The van der Waals surface area contributed by atoms with Gasteiger partial charge in [-0.05, 0) is 13.8 Å². The van der Waals surface area contributed by atoms with Crippen LogP contribution >= 0.6 is 0 Å². The molecule has 0 radical (unpaired) electrons. The molecular formula is C9H12O2. The van der Waals surface area contributed by atoms with Crippen molar-refractivity contribution >= 4 is 6.47 Å². The molecule has 60 valence electrons. The largest absolute Gasteiger partial charge is 0.483 e. The Bertz CT molecular complexity index is 180. The van der Waals surface area contributed by atoms with Crippen molar-refractivity contribution in [2.75, 3.05) is 0 Å². The molecule has 0 bridgehead atoms. The Morgan fingerprint density at radius 3 is 1.45 bits per heavy atom. The van der Waals surface area contributed by atoms with Crippen LogP contribution in [0.2, 0.25) is 0 Å². The lowest BCUT2D eigenvalue weighted by molar-refractivity contribution is -0.122. The summed E-state index contributed by atoms with van der Waals surface area (Å²) in [5.74, 6) is 0. The molecule has 0 aliphatic rings. The summed E-state index contributed by atoms with van der Waals surface area (Å²) < 4.78 is 0. The minimum Gasteiger partial charge on any atom is -0.483 e. The average molecular weight is 152 g/mol. The van der Waals surface area contributed by atoms with Gasteiger partial charge in [0.1, 0.15) is 0 Å². The highest BCUT2D eigenvalue weighted by Gasteiger charge is 1.79. The number of benzene rings is 1. The molecule has 1 aromatic carbocycles. The van der Waals surface area contributed by atoms with Crippen LogP contribution < -0.4 is 0 Å². The van der Waals surface area contributed by atoms with Gasteiger partial charge in [0.15, 0.2) is 0 Å². The normalized spacial score (nSPS) is 7.82. The monoisotopic (exact) mass is 152 g/mol. The zero-order valence-corrected chi connectivity index (χ0v) is 6.74. The van der Waals surface area contributed by atoms with Gasteiger partial charge in [-0.1, -0.05) is 35.4 Å². The zero-order chi connectivity index (χ0) is 8.69. The fourth-order valence-corrected chi connectivity index (χ4v) is 0.637. The van der Waals surface area contributed by atoms with Crippen LogP contribution in [-0.2, 0) is 4.79 Å². The van der Waals surface area contributed by atoms with Gasteiger partial charge in [0.25, 0.3) is 6.47 Å². The Morgan fingerprint density at radius 1 is 1.09 bits per heavy atom. The molecule has 0 atom stereocenters. The molecule has 0 spiro atoms. The van der Waals surface area contributed by atoms with Crippen molar-refractivity contribution in [3.8, 4) is 0 Å². The van der Waals surface area contributed by atoms with Crippen LogP contribution in [0.25, 0.3) is 0 Å². The highest BCUT2D eigenvalue weighted by molar-refractivity contribution is 5.32. The van der Waals surface area contributed by atoms with Gasteiger partial charge < -0.3 is 5.11 Å². The van der Waals surface area contributed by atoms with Crippen molar-refractivity contribution in [3.63, 3.8) is 0 Å². The number of carboxylic acid groups (broad SMARTS) is 1. The van der Waals surface area contributed by atoms with E-state index in [1.165, 1.54) is 11.1 Å². The molecule has 2 heteroatoms. The summed E-state index contributed by atoms with van der Waals surface area (Å²) in [4.78, 5) is 8.36. The predicted molar refractivity (Wildman–Crippen MR) is 44.6 cm³/mol. The Balaban J connectivity index is 0.000000292. The number of hydrogen-bond donors (Lipinski definition) is 1. The first-order valence-corrected chi connectivity index (χ1v) is 3.32. The van der Waals surface area contributed by atoms with E-state index in [1.54, 1.807) is 0 Å². The lowest BCUT2D eigenvalue weighted by atomic mass is 10.2. The third-order valence-corrected chi connectivity index (χ3v) is 1.22. The maximum Gasteiger partial charge on any atom is 0.290 e. The van der Waals surface area contributed by atoms with Gasteiger partial charge in [-0.2, -0.15) is 0 Å². The van der Waals surface area contributed by atoms with Crippen molar-refractivity contribution in [1.29, 1.82) is 0 Å². The second-order valence-corrected chi connectivity index (χ2v) is 2.26. The lowest BCUT2D eigenvalue weighted by Gasteiger charge is -1.90. The van der Waals surface area contributed by atoms with Gasteiger partial charge in [0, 0.05) is 0 Å².